The van der Waals surface area contributed by atoms with Crippen LogP contribution < -0.4 is 5.32 Å². The SMILES string of the molecule is CCCCCCCCC=CCCCCCCCCOC(=O)CNC(=O)[C@@H](O)[C@H](O)[C@@H](O)[C@@H](O)[C@@H](O)CO. The zero-order valence-electron chi connectivity index (χ0n) is 22.5. The van der Waals surface area contributed by atoms with Gasteiger partial charge in [-0.2, -0.15) is 0 Å². The van der Waals surface area contributed by atoms with Gasteiger partial charge in [-0.3, -0.25) is 9.59 Å². The lowest BCUT2D eigenvalue weighted by molar-refractivity contribution is -0.158. The third-order valence-corrected chi connectivity index (χ3v) is 6.20. The van der Waals surface area contributed by atoms with Crippen LogP contribution in [-0.4, -0.2) is 92.8 Å². The molecule has 0 aromatic heterocycles. The number of ether oxygens (including phenoxy) is 1. The van der Waals surface area contributed by atoms with Gasteiger partial charge in [0, 0.05) is 0 Å². The summed E-state index contributed by atoms with van der Waals surface area (Å²) >= 11 is 0. The van der Waals surface area contributed by atoms with Gasteiger partial charge in [0.15, 0.2) is 6.10 Å². The number of nitrogens with one attached hydrogen (secondary N) is 1. The van der Waals surface area contributed by atoms with Crippen LogP contribution in [0.1, 0.15) is 96.8 Å². The summed E-state index contributed by atoms with van der Waals surface area (Å²) in [5.74, 6) is -1.87. The Morgan fingerprint density at radius 3 is 1.78 bits per heavy atom. The molecule has 0 bridgehead atoms. The number of hydrogen-bond acceptors (Lipinski definition) is 9. The van der Waals surface area contributed by atoms with E-state index in [1.54, 1.807) is 0 Å². The van der Waals surface area contributed by atoms with Crippen LogP contribution in [0.2, 0.25) is 0 Å². The fraction of sp³-hybridized carbons (Fsp3) is 0.852. The highest BCUT2D eigenvalue weighted by Crippen LogP contribution is 2.11. The molecule has 0 fully saturated rings. The van der Waals surface area contributed by atoms with Gasteiger partial charge in [0.05, 0.1) is 13.2 Å². The molecule has 0 spiro atoms. The fourth-order valence-corrected chi connectivity index (χ4v) is 3.73. The third kappa shape index (κ3) is 18.4. The Morgan fingerprint density at radius 2 is 1.24 bits per heavy atom. The smallest absolute Gasteiger partial charge is 0.325 e. The van der Waals surface area contributed by atoms with E-state index in [-0.39, 0.29) is 6.61 Å². The molecule has 10 nitrogen and oxygen atoms in total. The highest BCUT2D eigenvalue weighted by molar-refractivity contribution is 5.85. The lowest BCUT2D eigenvalue weighted by Gasteiger charge is -2.27. The quantitative estimate of drug-likeness (QED) is 0.0550. The first-order valence-electron chi connectivity index (χ1n) is 13.9. The largest absolute Gasteiger partial charge is 0.464 e. The average molecular weight is 534 g/mol. The Kier molecular flexibility index (Phi) is 22.6. The predicted octanol–water partition coefficient (Wildman–Crippen LogP) is 1.48. The predicted molar refractivity (Wildman–Crippen MR) is 141 cm³/mol. The van der Waals surface area contributed by atoms with Crippen molar-refractivity contribution in [3.8, 4) is 0 Å². The van der Waals surface area contributed by atoms with E-state index in [1.807, 2.05) is 0 Å². The molecule has 0 aromatic carbocycles. The first kappa shape index (κ1) is 35.4. The molecule has 0 aliphatic heterocycles. The van der Waals surface area contributed by atoms with E-state index < -0.39 is 55.5 Å². The molecular weight excluding hydrogens is 482 g/mol. The Labute approximate surface area is 221 Å². The molecule has 0 aliphatic carbocycles. The minimum absolute atomic E-state index is 0.213. The standard InChI is InChI=1S/C27H51NO9/c1-2-3-4-5-6-7-8-9-10-11-12-13-14-15-16-17-18-37-22(31)19-28-27(36)26(35)25(34)24(33)23(32)21(30)20-29/h9-10,21,23-26,29-30,32-35H,2-8,11-20H2,1H3,(H,28,36)/t21-,23-,24-,25+,26-/m0/s1. The van der Waals surface area contributed by atoms with Crippen molar-refractivity contribution in [3.63, 3.8) is 0 Å². The third-order valence-electron chi connectivity index (χ3n) is 6.20. The molecular formula is C27H51NO9. The second-order valence-corrected chi connectivity index (χ2v) is 9.54. The summed E-state index contributed by atoms with van der Waals surface area (Å²) in [6.45, 7) is 1.02. The van der Waals surface area contributed by atoms with E-state index >= 15 is 0 Å². The van der Waals surface area contributed by atoms with E-state index in [0.29, 0.717) is 6.42 Å². The molecule has 0 aromatic rings. The van der Waals surface area contributed by atoms with Crippen molar-refractivity contribution in [2.45, 2.75) is 127 Å². The van der Waals surface area contributed by atoms with Crippen LogP contribution in [0.25, 0.3) is 0 Å². The maximum absolute atomic E-state index is 11.9. The van der Waals surface area contributed by atoms with E-state index in [4.69, 9.17) is 9.84 Å². The second-order valence-electron chi connectivity index (χ2n) is 9.54. The molecule has 37 heavy (non-hydrogen) atoms. The topological polar surface area (TPSA) is 177 Å². The van der Waals surface area contributed by atoms with Gasteiger partial charge < -0.3 is 40.7 Å². The van der Waals surface area contributed by atoms with Gasteiger partial charge >= 0.3 is 5.97 Å². The lowest BCUT2D eigenvalue weighted by atomic mass is 9.99. The van der Waals surface area contributed by atoms with Crippen LogP contribution in [0.5, 0.6) is 0 Å². The lowest BCUT2D eigenvalue weighted by Crippen LogP contribution is -2.54. The summed E-state index contributed by atoms with van der Waals surface area (Å²) in [5.41, 5.74) is 0. The van der Waals surface area contributed by atoms with Crippen LogP contribution in [0.15, 0.2) is 12.2 Å². The fourth-order valence-electron chi connectivity index (χ4n) is 3.73. The van der Waals surface area contributed by atoms with Crippen LogP contribution in [-0.2, 0) is 14.3 Å². The maximum Gasteiger partial charge on any atom is 0.325 e. The first-order chi connectivity index (χ1) is 17.8. The summed E-state index contributed by atoms with van der Waals surface area (Å²) in [5, 5.41) is 58.9. The van der Waals surface area contributed by atoms with Crippen LogP contribution >= 0.6 is 0 Å². The molecule has 0 unspecified atom stereocenters. The monoisotopic (exact) mass is 533 g/mol. The normalized spacial score (nSPS) is 15.8. The summed E-state index contributed by atoms with van der Waals surface area (Å²) in [4.78, 5) is 23.6. The maximum atomic E-state index is 11.9. The summed E-state index contributed by atoms with van der Waals surface area (Å²) in [7, 11) is 0. The summed E-state index contributed by atoms with van der Waals surface area (Å²) in [6, 6.07) is 0. The van der Waals surface area contributed by atoms with Gasteiger partial charge in [0.1, 0.15) is 31.0 Å². The van der Waals surface area contributed by atoms with E-state index in [2.05, 4.69) is 24.4 Å². The number of hydrogen-bond donors (Lipinski definition) is 7. The zero-order chi connectivity index (χ0) is 27.9. The molecule has 0 rings (SSSR count). The molecule has 10 heteroatoms. The first-order valence-corrected chi connectivity index (χ1v) is 13.9. The molecule has 1 amide bonds. The van der Waals surface area contributed by atoms with Gasteiger partial charge in [-0.25, -0.2) is 0 Å². The van der Waals surface area contributed by atoms with Crippen molar-refractivity contribution >= 4 is 11.9 Å². The van der Waals surface area contributed by atoms with E-state index in [1.165, 1.54) is 57.8 Å². The number of rotatable bonds is 24. The Balaban J connectivity index is 3.71. The van der Waals surface area contributed by atoms with E-state index in [0.717, 1.165) is 25.7 Å². The van der Waals surface area contributed by atoms with Crippen molar-refractivity contribution in [3.05, 3.63) is 12.2 Å². The van der Waals surface area contributed by atoms with Crippen molar-refractivity contribution in [1.29, 1.82) is 0 Å². The molecule has 0 aliphatic rings. The number of esters is 1. The highest BCUT2D eigenvalue weighted by Gasteiger charge is 2.37. The number of carbonyl (C=O) groups is 2. The molecule has 5 atom stereocenters. The van der Waals surface area contributed by atoms with Crippen LogP contribution in [0.4, 0.5) is 0 Å². The zero-order valence-corrected chi connectivity index (χ0v) is 22.5. The average Bonchev–Trinajstić information content (AvgIpc) is 2.91. The van der Waals surface area contributed by atoms with Crippen molar-refractivity contribution in [1.82, 2.24) is 5.32 Å². The number of allylic oxidation sites excluding steroid dienone is 2. The summed E-state index contributed by atoms with van der Waals surface area (Å²) < 4.78 is 5.03. The minimum atomic E-state index is -2.17. The number of amides is 1. The summed E-state index contributed by atoms with van der Waals surface area (Å²) in [6.07, 6.45) is 10.9. The highest BCUT2D eigenvalue weighted by atomic mass is 16.5. The molecule has 7 N–H and O–H groups in total. The molecule has 0 heterocycles. The Morgan fingerprint density at radius 1 is 0.730 bits per heavy atom. The van der Waals surface area contributed by atoms with Gasteiger partial charge in [0.2, 0.25) is 0 Å². The molecule has 0 radical (unpaired) electrons. The van der Waals surface area contributed by atoms with E-state index in [9.17, 15) is 35.1 Å². The van der Waals surface area contributed by atoms with Crippen LogP contribution in [0.3, 0.4) is 0 Å². The minimum Gasteiger partial charge on any atom is -0.464 e. The van der Waals surface area contributed by atoms with Gasteiger partial charge in [-0.15, -0.1) is 0 Å². The molecule has 0 saturated heterocycles. The Hall–Kier alpha value is -1.56. The van der Waals surface area contributed by atoms with Gasteiger partial charge in [-0.05, 0) is 32.1 Å². The molecule has 218 valence electrons. The van der Waals surface area contributed by atoms with Crippen LogP contribution in [0, 0.1) is 0 Å². The Bertz CT molecular complexity index is 602. The number of carbonyl (C=O) groups excluding carboxylic acids is 2. The molecule has 0 saturated carbocycles. The van der Waals surface area contributed by atoms with Gasteiger partial charge in [0.25, 0.3) is 5.91 Å². The van der Waals surface area contributed by atoms with Crippen molar-refractivity contribution < 1.29 is 45.0 Å². The number of aliphatic hydroxyl groups is 6. The van der Waals surface area contributed by atoms with Crippen molar-refractivity contribution in [2.75, 3.05) is 19.8 Å². The van der Waals surface area contributed by atoms with Gasteiger partial charge in [-0.1, -0.05) is 76.9 Å². The van der Waals surface area contributed by atoms with Crippen molar-refractivity contribution in [2.24, 2.45) is 0 Å². The number of aliphatic hydroxyl groups excluding tert-OH is 6. The second kappa shape index (κ2) is 23.5. The number of unbranched alkanes of at least 4 members (excludes halogenated alkanes) is 12.